The molecule has 0 fully saturated rings. The van der Waals surface area contributed by atoms with Crippen LogP contribution in [0, 0.1) is 0 Å². The molecule has 0 bridgehead atoms. The Kier molecular flexibility index (Phi) is 3.96. The molecule has 7 heteroatoms. The predicted octanol–water partition coefficient (Wildman–Crippen LogP) is 3.66. The normalized spacial score (nSPS) is 10.8. The highest BCUT2D eigenvalue weighted by Gasteiger charge is 2.12. The van der Waals surface area contributed by atoms with Crippen molar-refractivity contribution in [2.45, 2.75) is 13.3 Å². The molecule has 22 heavy (non-hydrogen) atoms. The number of Topliss-reactive ketones (excluding diaryl/α,β-unsaturated/α-hetero) is 1. The molecule has 2 heterocycles. The van der Waals surface area contributed by atoms with Crippen LogP contribution in [0.3, 0.4) is 0 Å². The summed E-state index contributed by atoms with van der Waals surface area (Å²) in [5, 5.41) is 12.9. The van der Waals surface area contributed by atoms with Crippen molar-refractivity contribution in [1.29, 1.82) is 0 Å². The summed E-state index contributed by atoms with van der Waals surface area (Å²) in [7, 11) is 0. The highest BCUT2D eigenvalue weighted by atomic mass is 35.5. The number of rotatable bonds is 4. The van der Waals surface area contributed by atoms with Gasteiger partial charge in [0, 0.05) is 10.4 Å². The molecule has 0 aliphatic heterocycles. The fourth-order valence-corrected chi connectivity index (χ4v) is 3.09. The van der Waals surface area contributed by atoms with Crippen LogP contribution in [0.1, 0.15) is 22.2 Å². The molecular weight excluding hydrogens is 322 g/mol. The van der Waals surface area contributed by atoms with Crippen LogP contribution in [0.25, 0.3) is 10.9 Å². The molecule has 0 aliphatic carbocycles. The Hall–Kier alpha value is -2.18. The van der Waals surface area contributed by atoms with E-state index in [9.17, 15) is 9.59 Å². The number of nitrogens with zero attached hydrogens (tertiary/aromatic N) is 1. The van der Waals surface area contributed by atoms with Gasteiger partial charge in [0.05, 0.1) is 16.8 Å². The standard InChI is InChI=1S/C15H12ClN3O2S/c1-8(20)13-4-9(7-22-13)5-14(21)17-15-11-3-2-10(16)6-12(11)18-19-15/h2-4,6-7H,5H2,1H3,(H2,17,18,19,21). The van der Waals surface area contributed by atoms with E-state index in [0.29, 0.717) is 15.7 Å². The van der Waals surface area contributed by atoms with E-state index in [1.165, 1.54) is 18.3 Å². The number of halogens is 1. The molecule has 0 unspecified atom stereocenters. The average Bonchev–Trinajstić information content (AvgIpc) is 3.06. The van der Waals surface area contributed by atoms with Crippen molar-refractivity contribution in [2.24, 2.45) is 0 Å². The second-order valence-electron chi connectivity index (χ2n) is 4.86. The molecule has 1 aromatic carbocycles. The number of fused-ring (bicyclic) bond motifs is 1. The number of carbonyl (C=O) groups excluding carboxylic acids is 2. The van der Waals surface area contributed by atoms with Crippen molar-refractivity contribution < 1.29 is 9.59 Å². The Labute approximate surface area is 135 Å². The lowest BCUT2D eigenvalue weighted by Gasteiger charge is -2.01. The third kappa shape index (κ3) is 3.03. The van der Waals surface area contributed by atoms with Gasteiger partial charge in [0.15, 0.2) is 11.6 Å². The SMILES string of the molecule is CC(=O)c1cc(CC(=O)Nc2n[nH]c3cc(Cl)ccc23)cs1. The van der Waals surface area contributed by atoms with Crippen LogP contribution in [0.2, 0.25) is 5.02 Å². The largest absolute Gasteiger partial charge is 0.308 e. The molecule has 112 valence electrons. The summed E-state index contributed by atoms with van der Waals surface area (Å²) >= 11 is 7.25. The maximum absolute atomic E-state index is 12.1. The number of anilines is 1. The van der Waals surface area contributed by atoms with Gasteiger partial charge in [-0.3, -0.25) is 14.7 Å². The molecule has 0 radical (unpaired) electrons. The van der Waals surface area contributed by atoms with Crippen LogP contribution in [0.15, 0.2) is 29.6 Å². The Morgan fingerprint density at radius 2 is 2.18 bits per heavy atom. The molecule has 2 aromatic heterocycles. The van der Waals surface area contributed by atoms with Crippen LogP contribution in [-0.4, -0.2) is 21.9 Å². The summed E-state index contributed by atoms with van der Waals surface area (Å²) < 4.78 is 0. The monoisotopic (exact) mass is 333 g/mol. The van der Waals surface area contributed by atoms with Gasteiger partial charge < -0.3 is 5.32 Å². The van der Waals surface area contributed by atoms with Crippen LogP contribution < -0.4 is 5.32 Å². The summed E-state index contributed by atoms with van der Waals surface area (Å²) in [4.78, 5) is 24.0. The van der Waals surface area contributed by atoms with E-state index in [0.717, 1.165) is 16.5 Å². The molecule has 5 nitrogen and oxygen atoms in total. The Balaban J connectivity index is 1.74. The average molecular weight is 334 g/mol. The molecule has 2 N–H and O–H groups in total. The molecule has 3 aromatic rings. The first-order valence-corrected chi connectivity index (χ1v) is 7.80. The molecular formula is C15H12ClN3O2S. The first-order valence-electron chi connectivity index (χ1n) is 6.55. The van der Waals surface area contributed by atoms with Crippen molar-refractivity contribution in [3.05, 3.63) is 45.1 Å². The molecule has 0 atom stereocenters. The highest BCUT2D eigenvalue weighted by molar-refractivity contribution is 7.12. The van der Waals surface area contributed by atoms with Crippen molar-refractivity contribution in [1.82, 2.24) is 10.2 Å². The fourth-order valence-electron chi connectivity index (χ4n) is 2.10. The first kappa shape index (κ1) is 14.7. The van der Waals surface area contributed by atoms with Gasteiger partial charge in [0.25, 0.3) is 0 Å². The lowest BCUT2D eigenvalue weighted by Crippen LogP contribution is -2.14. The number of hydrogen-bond donors (Lipinski definition) is 2. The lowest BCUT2D eigenvalue weighted by molar-refractivity contribution is -0.115. The van der Waals surface area contributed by atoms with Crippen LogP contribution >= 0.6 is 22.9 Å². The maximum atomic E-state index is 12.1. The number of benzene rings is 1. The first-order chi connectivity index (χ1) is 10.5. The molecule has 0 spiro atoms. The number of carbonyl (C=O) groups is 2. The minimum absolute atomic E-state index is 0.00633. The van der Waals surface area contributed by atoms with Crippen molar-refractivity contribution in [2.75, 3.05) is 5.32 Å². The summed E-state index contributed by atoms with van der Waals surface area (Å²) in [5.74, 6) is 0.293. The van der Waals surface area contributed by atoms with E-state index in [1.54, 1.807) is 24.3 Å². The zero-order valence-corrected chi connectivity index (χ0v) is 13.2. The predicted molar refractivity (Wildman–Crippen MR) is 87.8 cm³/mol. The second-order valence-corrected chi connectivity index (χ2v) is 6.21. The minimum atomic E-state index is -0.184. The number of thiophene rings is 1. The maximum Gasteiger partial charge on any atom is 0.230 e. The van der Waals surface area contributed by atoms with E-state index < -0.39 is 0 Å². The van der Waals surface area contributed by atoms with E-state index in [2.05, 4.69) is 15.5 Å². The summed E-state index contributed by atoms with van der Waals surface area (Å²) in [6.45, 7) is 1.51. The van der Waals surface area contributed by atoms with Gasteiger partial charge >= 0.3 is 0 Å². The summed E-state index contributed by atoms with van der Waals surface area (Å²) in [6.07, 6.45) is 0.200. The molecule has 3 rings (SSSR count). The number of nitrogens with one attached hydrogen (secondary N) is 2. The Bertz CT molecular complexity index is 869. The van der Waals surface area contributed by atoms with Crippen molar-refractivity contribution in [3.63, 3.8) is 0 Å². The lowest BCUT2D eigenvalue weighted by atomic mass is 10.2. The summed E-state index contributed by atoms with van der Waals surface area (Å²) in [5.41, 5.74) is 1.58. The van der Waals surface area contributed by atoms with Gasteiger partial charge in [-0.15, -0.1) is 11.3 Å². The Morgan fingerprint density at radius 1 is 1.36 bits per heavy atom. The number of ketones is 1. The minimum Gasteiger partial charge on any atom is -0.308 e. The van der Waals surface area contributed by atoms with Crippen LogP contribution in [0.4, 0.5) is 5.82 Å². The number of aromatic amines is 1. The van der Waals surface area contributed by atoms with Crippen LogP contribution in [-0.2, 0) is 11.2 Å². The van der Waals surface area contributed by atoms with Gasteiger partial charge in [-0.05, 0) is 42.1 Å². The third-order valence-corrected chi connectivity index (χ3v) is 4.46. The van der Waals surface area contributed by atoms with Crippen molar-refractivity contribution in [3.8, 4) is 0 Å². The Morgan fingerprint density at radius 3 is 2.91 bits per heavy atom. The second kappa shape index (κ2) is 5.90. The highest BCUT2D eigenvalue weighted by Crippen LogP contribution is 2.24. The number of amides is 1. The van der Waals surface area contributed by atoms with Gasteiger partial charge in [-0.1, -0.05) is 11.6 Å². The number of aromatic nitrogens is 2. The quantitative estimate of drug-likeness (QED) is 0.715. The van der Waals surface area contributed by atoms with E-state index in [1.807, 2.05) is 5.38 Å². The molecule has 1 amide bonds. The molecule has 0 aliphatic rings. The zero-order chi connectivity index (χ0) is 15.7. The molecule has 0 saturated carbocycles. The third-order valence-electron chi connectivity index (χ3n) is 3.15. The van der Waals surface area contributed by atoms with Gasteiger partial charge in [-0.2, -0.15) is 5.10 Å². The van der Waals surface area contributed by atoms with Gasteiger partial charge in [0.2, 0.25) is 5.91 Å². The smallest absolute Gasteiger partial charge is 0.230 e. The van der Waals surface area contributed by atoms with Gasteiger partial charge in [-0.25, -0.2) is 0 Å². The fraction of sp³-hybridized carbons (Fsp3) is 0.133. The summed E-state index contributed by atoms with van der Waals surface area (Å²) in [6, 6.07) is 7.04. The topological polar surface area (TPSA) is 74.8 Å². The molecule has 0 saturated heterocycles. The number of H-pyrrole nitrogens is 1. The number of hydrogen-bond acceptors (Lipinski definition) is 4. The van der Waals surface area contributed by atoms with E-state index >= 15 is 0 Å². The van der Waals surface area contributed by atoms with Crippen LogP contribution in [0.5, 0.6) is 0 Å². The van der Waals surface area contributed by atoms with Gasteiger partial charge in [0.1, 0.15) is 0 Å². The van der Waals surface area contributed by atoms with E-state index in [-0.39, 0.29) is 18.1 Å². The zero-order valence-electron chi connectivity index (χ0n) is 11.6. The van der Waals surface area contributed by atoms with E-state index in [4.69, 9.17) is 11.6 Å². The van der Waals surface area contributed by atoms with Crippen molar-refractivity contribution >= 4 is 51.3 Å².